The topological polar surface area (TPSA) is 32.3 Å². The van der Waals surface area contributed by atoms with Gasteiger partial charge in [0.1, 0.15) is 0 Å². The van der Waals surface area contributed by atoms with Crippen LogP contribution in [0.25, 0.3) is 0 Å². The van der Waals surface area contributed by atoms with Crippen LogP contribution in [0.1, 0.15) is 52.9 Å². The summed E-state index contributed by atoms with van der Waals surface area (Å²) >= 11 is 0. The Hall–Kier alpha value is -0.570. The maximum Gasteiger partial charge on any atom is 0.223 e. The standard InChI is InChI=1S/C14H28N2O/c1-4-5-6-9-16(12(2)3)14(17)10-13-7-8-15-11-13/h12-13,15H,4-11H2,1-3H3. The van der Waals surface area contributed by atoms with Crippen molar-refractivity contribution in [3.8, 4) is 0 Å². The van der Waals surface area contributed by atoms with Crippen molar-refractivity contribution in [2.45, 2.75) is 58.9 Å². The molecule has 3 heteroatoms. The number of hydrogen-bond donors (Lipinski definition) is 1. The second-order valence-electron chi connectivity index (χ2n) is 5.45. The first-order valence-electron chi connectivity index (χ1n) is 7.15. The van der Waals surface area contributed by atoms with Crippen molar-refractivity contribution in [1.29, 1.82) is 0 Å². The summed E-state index contributed by atoms with van der Waals surface area (Å²) in [6, 6.07) is 0.341. The Labute approximate surface area is 106 Å². The lowest BCUT2D eigenvalue weighted by atomic mass is 10.0. The molecule has 17 heavy (non-hydrogen) atoms. The molecule has 0 bridgehead atoms. The first-order chi connectivity index (χ1) is 8.15. The zero-order valence-electron chi connectivity index (χ0n) is 11.7. The van der Waals surface area contributed by atoms with Crippen LogP contribution in [-0.2, 0) is 4.79 Å². The highest BCUT2D eigenvalue weighted by atomic mass is 16.2. The third-order valence-corrected chi connectivity index (χ3v) is 3.57. The van der Waals surface area contributed by atoms with Crippen LogP contribution in [0.3, 0.4) is 0 Å². The molecule has 0 aromatic rings. The van der Waals surface area contributed by atoms with E-state index in [1.165, 1.54) is 12.8 Å². The zero-order chi connectivity index (χ0) is 12.7. The molecule has 1 rings (SSSR count). The normalized spacial score (nSPS) is 19.9. The number of unbranched alkanes of at least 4 members (excludes halogenated alkanes) is 2. The third-order valence-electron chi connectivity index (χ3n) is 3.57. The van der Waals surface area contributed by atoms with Gasteiger partial charge in [-0.25, -0.2) is 0 Å². The summed E-state index contributed by atoms with van der Waals surface area (Å²) in [5.41, 5.74) is 0. The van der Waals surface area contributed by atoms with Gasteiger partial charge in [0.2, 0.25) is 5.91 Å². The average Bonchev–Trinajstić information content (AvgIpc) is 2.76. The molecule has 0 aromatic heterocycles. The van der Waals surface area contributed by atoms with Gasteiger partial charge in [-0.3, -0.25) is 4.79 Å². The Morgan fingerprint density at radius 1 is 1.41 bits per heavy atom. The van der Waals surface area contributed by atoms with Crippen molar-refractivity contribution in [3.63, 3.8) is 0 Å². The summed E-state index contributed by atoms with van der Waals surface area (Å²) in [6.07, 6.45) is 5.47. The van der Waals surface area contributed by atoms with Crippen molar-refractivity contribution in [2.24, 2.45) is 5.92 Å². The van der Waals surface area contributed by atoms with Crippen LogP contribution in [0.4, 0.5) is 0 Å². The maximum absolute atomic E-state index is 12.2. The molecule has 3 nitrogen and oxygen atoms in total. The first-order valence-corrected chi connectivity index (χ1v) is 7.15. The van der Waals surface area contributed by atoms with Gasteiger partial charge in [-0.05, 0) is 45.7 Å². The Morgan fingerprint density at radius 3 is 2.71 bits per heavy atom. The largest absolute Gasteiger partial charge is 0.340 e. The van der Waals surface area contributed by atoms with Gasteiger partial charge in [0.25, 0.3) is 0 Å². The molecule has 0 aliphatic carbocycles. The lowest BCUT2D eigenvalue weighted by molar-refractivity contribution is -0.133. The van der Waals surface area contributed by atoms with Crippen molar-refractivity contribution >= 4 is 5.91 Å². The number of carbonyl (C=O) groups is 1. The summed E-state index contributed by atoms with van der Waals surface area (Å²) in [7, 11) is 0. The Balaban J connectivity index is 2.36. The van der Waals surface area contributed by atoms with Gasteiger partial charge in [0.05, 0.1) is 0 Å². The van der Waals surface area contributed by atoms with E-state index in [1.54, 1.807) is 0 Å². The van der Waals surface area contributed by atoms with Crippen LogP contribution in [0.5, 0.6) is 0 Å². The number of rotatable bonds is 7. The average molecular weight is 240 g/mol. The number of hydrogen-bond acceptors (Lipinski definition) is 2. The fourth-order valence-corrected chi connectivity index (χ4v) is 2.46. The molecular formula is C14H28N2O. The minimum absolute atomic E-state index is 0.341. The van der Waals surface area contributed by atoms with Gasteiger partial charge in [-0.2, -0.15) is 0 Å². The summed E-state index contributed by atoms with van der Waals surface area (Å²) in [6.45, 7) is 9.48. The van der Waals surface area contributed by atoms with E-state index in [2.05, 4.69) is 31.0 Å². The Morgan fingerprint density at radius 2 is 2.18 bits per heavy atom. The molecule has 1 aliphatic heterocycles. The van der Waals surface area contributed by atoms with E-state index in [4.69, 9.17) is 0 Å². The SMILES string of the molecule is CCCCCN(C(=O)CC1CCNC1)C(C)C. The van der Waals surface area contributed by atoms with Crippen LogP contribution < -0.4 is 5.32 Å². The van der Waals surface area contributed by atoms with Crippen LogP contribution in [0, 0.1) is 5.92 Å². The summed E-state index contributed by atoms with van der Waals surface area (Å²) < 4.78 is 0. The highest BCUT2D eigenvalue weighted by molar-refractivity contribution is 5.76. The molecular weight excluding hydrogens is 212 g/mol. The van der Waals surface area contributed by atoms with E-state index >= 15 is 0 Å². The van der Waals surface area contributed by atoms with Crippen LogP contribution >= 0.6 is 0 Å². The van der Waals surface area contributed by atoms with E-state index in [0.29, 0.717) is 17.9 Å². The van der Waals surface area contributed by atoms with E-state index in [-0.39, 0.29) is 0 Å². The molecule has 1 unspecified atom stereocenters. The number of carbonyl (C=O) groups excluding carboxylic acids is 1. The smallest absolute Gasteiger partial charge is 0.223 e. The minimum atomic E-state index is 0.341. The monoisotopic (exact) mass is 240 g/mol. The lowest BCUT2D eigenvalue weighted by Gasteiger charge is -2.28. The fourth-order valence-electron chi connectivity index (χ4n) is 2.46. The van der Waals surface area contributed by atoms with E-state index < -0.39 is 0 Å². The van der Waals surface area contributed by atoms with Crippen LogP contribution in [-0.4, -0.2) is 36.5 Å². The van der Waals surface area contributed by atoms with Crippen LogP contribution in [0.15, 0.2) is 0 Å². The highest BCUT2D eigenvalue weighted by Crippen LogP contribution is 2.15. The molecule has 0 radical (unpaired) electrons. The molecule has 1 amide bonds. The molecule has 1 atom stereocenters. The van der Waals surface area contributed by atoms with E-state index in [1.807, 2.05) is 0 Å². The minimum Gasteiger partial charge on any atom is -0.340 e. The van der Waals surface area contributed by atoms with Crippen LogP contribution in [0.2, 0.25) is 0 Å². The molecule has 1 N–H and O–H groups in total. The molecule has 1 aliphatic rings. The zero-order valence-corrected chi connectivity index (χ0v) is 11.7. The molecule has 1 saturated heterocycles. The number of nitrogens with zero attached hydrogens (tertiary/aromatic N) is 1. The van der Waals surface area contributed by atoms with Crippen molar-refractivity contribution in [1.82, 2.24) is 10.2 Å². The van der Waals surface area contributed by atoms with Gasteiger partial charge in [0.15, 0.2) is 0 Å². The molecule has 0 aromatic carbocycles. The quantitative estimate of drug-likeness (QED) is 0.693. The second kappa shape index (κ2) is 7.70. The Kier molecular flexibility index (Phi) is 6.56. The molecule has 0 saturated carbocycles. The molecule has 1 heterocycles. The Bertz CT molecular complexity index is 222. The van der Waals surface area contributed by atoms with E-state index in [0.717, 1.165) is 38.9 Å². The fraction of sp³-hybridized carbons (Fsp3) is 0.929. The summed E-state index contributed by atoms with van der Waals surface area (Å²) in [4.78, 5) is 14.3. The number of amides is 1. The van der Waals surface area contributed by atoms with Gasteiger partial charge in [0, 0.05) is 19.0 Å². The van der Waals surface area contributed by atoms with Crippen molar-refractivity contribution in [2.75, 3.05) is 19.6 Å². The van der Waals surface area contributed by atoms with E-state index in [9.17, 15) is 4.79 Å². The summed E-state index contributed by atoms with van der Waals surface area (Å²) in [5.74, 6) is 0.916. The molecule has 0 spiro atoms. The predicted octanol–water partition coefficient (Wildman–Crippen LogP) is 2.41. The van der Waals surface area contributed by atoms with Gasteiger partial charge in [-0.1, -0.05) is 19.8 Å². The van der Waals surface area contributed by atoms with Gasteiger partial charge >= 0.3 is 0 Å². The highest BCUT2D eigenvalue weighted by Gasteiger charge is 2.22. The maximum atomic E-state index is 12.2. The van der Waals surface area contributed by atoms with Crippen molar-refractivity contribution < 1.29 is 4.79 Å². The van der Waals surface area contributed by atoms with Gasteiger partial charge < -0.3 is 10.2 Å². The molecule has 1 fully saturated rings. The lowest BCUT2D eigenvalue weighted by Crippen LogP contribution is -2.38. The van der Waals surface area contributed by atoms with Gasteiger partial charge in [-0.15, -0.1) is 0 Å². The third kappa shape index (κ3) is 5.07. The second-order valence-corrected chi connectivity index (χ2v) is 5.45. The predicted molar refractivity (Wildman–Crippen MR) is 72.0 cm³/mol. The summed E-state index contributed by atoms with van der Waals surface area (Å²) in [5, 5.41) is 3.33. The first kappa shape index (κ1) is 14.5. The number of nitrogens with one attached hydrogen (secondary N) is 1. The van der Waals surface area contributed by atoms with Crippen molar-refractivity contribution in [3.05, 3.63) is 0 Å². The molecule has 100 valence electrons.